The van der Waals surface area contributed by atoms with Gasteiger partial charge in [0.2, 0.25) is 5.91 Å². The Bertz CT molecular complexity index is 1050. The second kappa shape index (κ2) is 8.02. The zero-order valence-corrected chi connectivity index (χ0v) is 20.4. The Balaban J connectivity index is 1.44. The van der Waals surface area contributed by atoms with E-state index in [1.807, 2.05) is 6.92 Å². The van der Waals surface area contributed by atoms with Gasteiger partial charge in [0.1, 0.15) is 10.6 Å². The summed E-state index contributed by atoms with van der Waals surface area (Å²) in [6, 6.07) is 6.25. The Morgan fingerprint density at radius 3 is 2.25 bits per heavy atom. The molecule has 4 aliphatic rings. The molecule has 0 saturated heterocycles. The normalized spacial score (nSPS) is 28.1. The molecule has 2 aromatic rings. The van der Waals surface area contributed by atoms with E-state index in [0.717, 1.165) is 39.3 Å². The lowest BCUT2D eigenvalue weighted by Crippen LogP contribution is -2.47. The van der Waals surface area contributed by atoms with Gasteiger partial charge in [-0.2, -0.15) is 0 Å². The number of carbonyl (C=O) groups excluding carboxylic acids is 2. The number of thiophene rings is 1. The molecule has 1 heterocycles. The van der Waals surface area contributed by atoms with E-state index in [-0.39, 0.29) is 11.3 Å². The van der Waals surface area contributed by atoms with Crippen LogP contribution in [0.4, 0.5) is 5.00 Å². The van der Waals surface area contributed by atoms with E-state index in [9.17, 15) is 9.59 Å². The van der Waals surface area contributed by atoms with Crippen LogP contribution in [0, 0.1) is 43.9 Å². The standard InChI is InChI=1S/C27H33NO3S/c1-15-5-6-21(16(2)7-15)23-17(3)32-25(24(23)26(30)31-4)28-22(29)14-27-11-18-8-19(12-27)10-20(9-18)13-27/h5-7,18-20H,8-14H2,1-4H3,(H,28,29). The molecule has 6 rings (SSSR count). The molecule has 4 saturated carbocycles. The van der Waals surface area contributed by atoms with E-state index in [1.165, 1.54) is 62.5 Å². The molecule has 4 fully saturated rings. The molecule has 1 N–H and O–H groups in total. The van der Waals surface area contributed by atoms with Crippen LogP contribution in [-0.2, 0) is 9.53 Å². The minimum atomic E-state index is -0.394. The fraction of sp³-hybridized carbons (Fsp3) is 0.556. The molecule has 1 aromatic heterocycles. The Hall–Kier alpha value is -2.14. The number of amides is 1. The number of methoxy groups -OCH3 is 1. The third-order valence-electron chi connectivity index (χ3n) is 8.08. The third-order valence-corrected chi connectivity index (χ3v) is 9.10. The Labute approximate surface area is 194 Å². The van der Waals surface area contributed by atoms with Gasteiger partial charge in [-0.05, 0) is 93.6 Å². The van der Waals surface area contributed by atoms with Gasteiger partial charge >= 0.3 is 5.97 Å². The van der Waals surface area contributed by atoms with Gasteiger partial charge < -0.3 is 10.1 Å². The van der Waals surface area contributed by atoms with Gasteiger partial charge in [-0.25, -0.2) is 4.79 Å². The molecular weight excluding hydrogens is 418 g/mol. The van der Waals surface area contributed by atoms with Crippen molar-refractivity contribution in [2.24, 2.45) is 23.2 Å². The van der Waals surface area contributed by atoms with E-state index in [1.54, 1.807) is 0 Å². The van der Waals surface area contributed by atoms with Gasteiger partial charge in [-0.1, -0.05) is 23.8 Å². The lowest BCUT2D eigenvalue weighted by molar-refractivity contribution is -0.124. The fourth-order valence-electron chi connectivity index (χ4n) is 7.37. The van der Waals surface area contributed by atoms with Crippen LogP contribution in [0.5, 0.6) is 0 Å². The summed E-state index contributed by atoms with van der Waals surface area (Å²) in [4.78, 5) is 27.1. The van der Waals surface area contributed by atoms with Crippen molar-refractivity contribution in [1.82, 2.24) is 0 Å². The summed E-state index contributed by atoms with van der Waals surface area (Å²) < 4.78 is 5.15. The quantitative estimate of drug-likeness (QED) is 0.516. The number of nitrogens with one attached hydrogen (secondary N) is 1. The highest BCUT2D eigenvalue weighted by Gasteiger charge is 2.51. The van der Waals surface area contributed by atoms with Crippen LogP contribution in [0.3, 0.4) is 0 Å². The van der Waals surface area contributed by atoms with Crippen molar-refractivity contribution in [2.45, 2.75) is 65.7 Å². The first-order valence-electron chi connectivity index (χ1n) is 11.9. The topological polar surface area (TPSA) is 55.4 Å². The molecule has 0 aliphatic heterocycles. The second-order valence-corrected chi connectivity index (χ2v) is 11.9. The zero-order chi connectivity index (χ0) is 22.6. The van der Waals surface area contributed by atoms with Gasteiger partial charge in [0, 0.05) is 16.9 Å². The molecule has 0 unspecified atom stereocenters. The van der Waals surface area contributed by atoms with E-state index in [0.29, 0.717) is 17.0 Å². The molecule has 1 aromatic carbocycles. The SMILES string of the molecule is COC(=O)c1c(NC(=O)CC23CC4CC(CC(C4)C2)C3)sc(C)c1-c1ccc(C)cc1C. The van der Waals surface area contributed by atoms with Crippen LogP contribution in [0.1, 0.15) is 71.3 Å². The van der Waals surface area contributed by atoms with E-state index >= 15 is 0 Å². The number of carbonyl (C=O) groups is 2. The second-order valence-electron chi connectivity index (χ2n) is 10.7. The number of ether oxygens (including phenoxy) is 1. The maximum atomic E-state index is 13.3. The Morgan fingerprint density at radius 2 is 1.69 bits per heavy atom. The first kappa shape index (κ1) is 21.7. The van der Waals surface area contributed by atoms with Gasteiger partial charge in [-0.3, -0.25) is 4.79 Å². The molecule has 0 radical (unpaired) electrons. The molecule has 5 heteroatoms. The van der Waals surface area contributed by atoms with Crippen LogP contribution in [0.2, 0.25) is 0 Å². The van der Waals surface area contributed by atoms with E-state index in [4.69, 9.17) is 4.74 Å². The number of rotatable bonds is 5. The summed E-state index contributed by atoms with van der Waals surface area (Å²) in [6.45, 7) is 6.14. The summed E-state index contributed by atoms with van der Waals surface area (Å²) in [5.41, 5.74) is 4.86. The number of benzene rings is 1. The number of hydrogen-bond donors (Lipinski definition) is 1. The zero-order valence-electron chi connectivity index (χ0n) is 19.5. The average molecular weight is 452 g/mol. The predicted molar refractivity (Wildman–Crippen MR) is 129 cm³/mol. The first-order valence-corrected chi connectivity index (χ1v) is 12.7. The number of hydrogen-bond acceptors (Lipinski definition) is 4. The van der Waals surface area contributed by atoms with Gasteiger partial charge in [-0.15, -0.1) is 11.3 Å². The molecule has 4 aliphatic carbocycles. The fourth-order valence-corrected chi connectivity index (χ4v) is 8.44. The molecule has 170 valence electrons. The van der Waals surface area contributed by atoms with E-state index < -0.39 is 5.97 Å². The van der Waals surface area contributed by atoms with Crippen molar-refractivity contribution in [3.63, 3.8) is 0 Å². The van der Waals surface area contributed by atoms with Gasteiger partial charge in [0.05, 0.1) is 7.11 Å². The van der Waals surface area contributed by atoms with Crippen molar-refractivity contribution >= 4 is 28.2 Å². The molecular formula is C27H33NO3S. The highest BCUT2D eigenvalue weighted by molar-refractivity contribution is 7.17. The molecule has 0 spiro atoms. The average Bonchev–Trinajstić information content (AvgIpc) is 3.01. The molecule has 4 bridgehead atoms. The number of aryl methyl sites for hydroxylation is 3. The van der Waals surface area contributed by atoms with Crippen LogP contribution in [0.15, 0.2) is 18.2 Å². The summed E-state index contributed by atoms with van der Waals surface area (Å²) >= 11 is 1.48. The highest BCUT2D eigenvalue weighted by atomic mass is 32.1. The summed E-state index contributed by atoms with van der Waals surface area (Å²) in [7, 11) is 1.40. The summed E-state index contributed by atoms with van der Waals surface area (Å²) in [5, 5.41) is 3.77. The van der Waals surface area contributed by atoms with Crippen molar-refractivity contribution in [1.29, 1.82) is 0 Å². The minimum absolute atomic E-state index is 0.0468. The molecule has 32 heavy (non-hydrogen) atoms. The molecule has 1 amide bonds. The lowest BCUT2D eigenvalue weighted by atomic mass is 9.49. The first-order chi connectivity index (χ1) is 15.3. The van der Waals surface area contributed by atoms with Gasteiger partial charge in [0.25, 0.3) is 0 Å². The lowest BCUT2D eigenvalue weighted by Gasteiger charge is -2.56. The van der Waals surface area contributed by atoms with Crippen molar-refractivity contribution in [2.75, 3.05) is 12.4 Å². The van der Waals surface area contributed by atoms with Crippen molar-refractivity contribution in [3.05, 3.63) is 39.8 Å². The van der Waals surface area contributed by atoms with Crippen LogP contribution < -0.4 is 5.32 Å². The number of anilines is 1. The largest absolute Gasteiger partial charge is 0.465 e. The Kier molecular flexibility index (Phi) is 5.43. The van der Waals surface area contributed by atoms with Crippen molar-refractivity contribution in [3.8, 4) is 11.1 Å². The maximum absolute atomic E-state index is 13.3. The molecule has 4 nitrogen and oxygen atoms in total. The predicted octanol–water partition coefficient (Wildman–Crippen LogP) is 6.67. The van der Waals surface area contributed by atoms with Crippen molar-refractivity contribution < 1.29 is 14.3 Å². The van der Waals surface area contributed by atoms with E-state index in [2.05, 4.69) is 37.4 Å². The summed E-state index contributed by atoms with van der Waals surface area (Å²) in [5.74, 6) is 2.11. The van der Waals surface area contributed by atoms with Crippen LogP contribution >= 0.6 is 11.3 Å². The Morgan fingerprint density at radius 1 is 1.06 bits per heavy atom. The third kappa shape index (κ3) is 3.79. The van der Waals surface area contributed by atoms with Gasteiger partial charge in [0.15, 0.2) is 0 Å². The highest BCUT2D eigenvalue weighted by Crippen LogP contribution is 2.61. The smallest absolute Gasteiger partial charge is 0.341 e. The minimum Gasteiger partial charge on any atom is -0.465 e. The monoisotopic (exact) mass is 451 g/mol. The van der Waals surface area contributed by atoms with Crippen LogP contribution in [0.25, 0.3) is 11.1 Å². The summed E-state index contributed by atoms with van der Waals surface area (Å²) in [6.07, 6.45) is 8.30. The van der Waals surface area contributed by atoms with Crippen LogP contribution in [-0.4, -0.2) is 19.0 Å². The number of esters is 1. The molecule has 0 atom stereocenters. The maximum Gasteiger partial charge on any atom is 0.341 e.